The molecule has 18 heavy (non-hydrogen) atoms. The minimum absolute atomic E-state index is 0.124. The van der Waals surface area contributed by atoms with Crippen LogP contribution in [0.5, 0.6) is 0 Å². The third kappa shape index (κ3) is 2.03. The molecule has 0 aliphatic carbocycles. The van der Waals surface area contributed by atoms with Crippen molar-refractivity contribution in [2.24, 2.45) is 0 Å². The van der Waals surface area contributed by atoms with Crippen LogP contribution in [0.15, 0.2) is 12.1 Å². The van der Waals surface area contributed by atoms with Crippen LogP contribution in [-0.4, -0.2) is 12.0 Å². The topological polar surface area (TPSA) is 24.9 Å². The van der Waals surface area contributed by atoms with Gasteiger partial charge in [0.25, 0.3) is 0 Å². The van der Waals surface area contributed by atoms with Crippen LogP contribution in [0.2, 0.25) is 5.02 Å². The lowest BCUT2D eigenvalue weighted by Gasteiger charge is -2.18. The van der Waals surface area contributed by atoms with Crippen molar-refractivity contribution in [2.75, 3.05) is 12.4 Å². The standard InChI is InChI=1S/C14H16ClFN2/c1-7(2)13-8(3)18-12-6-11(16)10(15)5-9(12)14(13)17-4/h5-7H,1-4H3,(H,17,18). The average molecular weight is 267 g/mol. The van der Waals surface area contributed by atoms with Gasteiger partial charge in [-0.15, -0.1) is 0 Å². The Kier molecular flexibility index (Phi) is 3.44. The van der Waals surface area contributed by atoms with E-state index in [1.807, 2.05) is 14.0 Å². The Hall–Kier alpha value is -1.35. The molecule has 0 fully saturated rings. The lowest BCUT2D eigenvalue weighted by Crippen LogP contribution is -2.04. The summed E-state index contributed by atoms with van der Waals surface area (Å²) in [4.78, 5) is 4.47. The number of aryl methyl sites for hydroxylation is 1. The van der Waals surface area contributed by atoms with Gasteiger partial charge in [0.05, 0.1) is 10.5 Å². The summed E-state index contributed by atoms with van der Waals surface area (Å²) < 4.78 is 13.5. The third-order valence-electron chi connectivity index (χ3n) is 3.08. The number of halogens is 2. The number of nitrogens with zero attached hydrogens (tertiary/aromatic N) is 1. The number of benzene rings is 1. The maximum atomic E-state index is 13.5. The van der Waals surface area contributed by atoms with E-state index in [-0.39, 0.29) is 5.02 Å². The van der Waals surface area contributed by atoms with E-state index >= 15 is 0 Å². The Morgan fingerprint density at radius 1 is 1.33 bits per heavy atom. The molecule has 0 saturated carbocycles. The molecule has 2 aromatic rings. The summed E-state index contributed by atoms with van der Waals surface area (Å²) >= 11 is 5.86. The Morgan fingerprint density at radius 3 is 2.56 bits per heavy atom. The fraction of sp³-hybridized carbons (Fsp3) is 0.357. The van der Waals surface area contributed by atoms with E-state index in [0.29, 0.717) is 11.4 Å². The molecule has 0 aliphatic rings. The molecule has 0 aliphatic heterocycles. The number of fused-ring (bicyclic) bond motifs is 1. The molecule has 0 atom stereocenters. The van der Waals surface area contributed by atoms with E-state index in [1.165, 1.54) is 6.07 Å². The van der Waals surface area contributed by atoms with Gasteiger partial charge in [0.1, 0.15) is 5.82 Å². The zero-order valence-corrected chi connectivity index (χ0v) is 11.7. The summed E-state index contributed by atoms with van der Waals surface area (Å²) in [5.41, 5.74) is 3.67. The van der Waals surface area contributed by atoms with Crippen LogP contribution in [0.25, 0.3) is 10.9 Å². The lowest BCUT2D eigenvalue weighted by atomic mass is 9.96. The fourth-order valence-corrected chi connectivity index (χ4v) is 2.54. The van der Waals surface area contributed by atoms with Crippen LogP contribution in [0.3, 0.4) is 0 Å². The van der Waals surface area contributed by atoms with Crippen molar-refractivity contribution >= 4 is 28.2 Å². The van der Waals surface area contributed by atoms with Crippen molar-refractivity contribution in [1.29, 1.82) is 0 Å². The summed E-state index contributed by atoms with van der Waals surface area (Å²) in [6.45, 7) is 6.17. The zero-order chi connectivity index (χ0) is 13.4. The average Bonchev–Trinajstić information content (AvgIpc) is 2.29. The van der Waals surface area contributed by atoms with Gasteiger partial charge < -0.3 is 5.32 Å². The van der Waals surface area contributed by atoms with Gasteiger partial charge >= 0.3 is 0 Å². The van der Waals surface area contributed by atoms with Crippen molar-refractivity contribution in [3.8, 4) is 0 Å². The molecule has 1 aromatic heterocycles. The Morgan fingerprint density at radius 2 is 2.00 bits per heavy atom. The highest BCUT2D eigenvalue weighted by molar-refractivity contribution is 6.31. The van der Waals surface area contributed by atoms with E-state index < -0.39 is 5.82 Å². The summed E-state index contributed by atoms with van der Waals surface area (Å²) in [6, 6.07) is 3.02. The molecule has 96 valence electrons. The summed E-state index contributed by atoms with van der Waals surface area (Å²) in [5.74, 6) is -0.0939. The molecule has 0 saturated heterocycles. The van der Waals surface area contributed by atoms with Crippen LogP contribution in [0.4, 0.5) is 10.1 Å². The zero-order valence-electron chi connectivity index (χ0n) is 10.9. The largest absolute Gasteiger partial charge is 0.387 e. The molecule has 1 N–H and O–H groups in total. The highest BCUT2D eigenvalue weighted by Gasteiger charge is 2.16. The Bertz CT molecular complexity index is 609. The lowest BCUT2D eigenvalue weighted by molar-refractivity contribution is 0.629. The molecule has 0 unspecified atom stereocenters. The first-order valence-electron chi connectivity index (χ1n) is 5.92. The van der Waals surface area contributed by atoms with Gasteiger partial charge in [-0.25, -0.2) is 4.39 Å². The van der Waals surface area contributed by atoms with Gasteiger partial charge in [-0.3, -0.25) is 4.98 Å². The van der Waals surface area contributed by atoms with Crippen LogP contribution in [0, 0.1) is 12.7 Å². The second kappa shape index (κ2) is 4.73. The molecule has 0 bridgehead atoms. The number of rotatable bonds is 2. The number of nitrogens with one attached hydrogen (secondary N) is 1. The van der Waals surface area contributed by atoms with Crippen molar-refractivity contribution in [1.82, 2.24) is 4.98 Å². The van der Waals surface area contributed by atoms with Crippen LogP contribution in [0.1, 0.15) is 31.0 Å². The first kappa shape index (κ1) is 13.1. The molecular weight excluding hydrogens is 251 g/mol. The maximum Gasteiger partial charge on any atom is 0.143 e. The molecule has 0 spiro atoms. The predicted octanol–water partition coefficient (Wildman–Crippen LogP) is 4.50. The summed E-state index contributed by atoms with van der Waals surface area (Å²) in [6.07, 6.45) is 0. The Balaban J connectivity index is 2.89. The minimum Gasteiger partial charge on any atom is -0.387 e. The summed E-state index contributed by atoms with van der Waals surface area (Å²) in [5, 5.41) is 4.17. The molecule has 0 amide bonds. The van der Waals surface area contributed by atoms with E-state index in [4.69, 9.17) is 11.6 Å². The Labute approximate surface area is 111 Å². The first-order chi connectivity index (χ1) is 8.45. The smallest absolute Gasteiger partial charge is 0.143 e. The van der Waals surface area contributed by atoms with Gasteiger partial charge in [0.15, 0.2) is 0 Å². The summed E-state index contributed by atoms with van der Waals surface area (Å²) in [7, 11) is 1.86. The van der Waals surface area contributed by atoms with Gasteiger partial charge in [-0.05, 0) is 24.5 Å². The quantitative estimate of drug-likeness (QED) is 0.866. The van der Waals surface area contributed by atoms with Crippen LogP contribution < -0.4 is 5.32 Å². The maximum absolute atomic E-state index is 13.5. The van der Waals surface area contributed by atoms with Crippen molar-refractivity contribution in [3.63, 3.8) is 0 Å². The molecule has 1 heterocycles. The highest BCUT2D eigenvalue weighted by atomic mass is 35.5. The van der Waals surface area contributed by atoms with Crippen molar-refractivity contribution < 1.29 is 4.39 Å². The monoisotopic (exact) mass is 266 g/mol. The molecule has 2 rings (SSSR count). The number of pyridine rings is 1. The second-order valence-corrected chi connectivity index (χ2v) is 5.08. The van der Waals surface area contributed by atoms with Crippen LogP contribution in [-0.2, 0) is 0 Å². The van der Waals surface area contributed by atoms with Gasteiger partial charge in [-0.1, -0.05) is 25.4 Å². The van der Waals surface area contributed by atoms with Gasteiger partial charge in [-0.2, -0.15) is 0 Å². The number of hydrogen-bond donors (Lipinski definition) is 1. The molecule has 0 radical (unpaired) electrons. The fourth-order valence-electron chi connectivity index (χ4n) is 2.37. The third-order valence-corrected chi connectivity index (χ3v) is 3.37. The predicted molar refractivity (Wildman–Crippen MR) is 75.1 cm³/mol. The van der Waals surface area contributed by atoms with Gasteiger partial charge in [0.2, 0.25) is 0 Å². The van der Waals surface area contributed by atoms with E-state index in [1.54, 1.807) is 6.07 Å². The minimum atomic E-state index is -0.435. The van der Waals surface area contributed by atoms with E-state index in [0.717, 1.165) is 22.3 Å². The number of hydrogen-bond acceptors (Lipinski definition) is 2. The second-order valence-electron chi connectivity index (χ2n) is 4.67. The molecular formula is C14H16ClFN2. The molecule has 1 aromatic carbocycles. The van der Waals surface area contributed by atoms with Crippen molar-refractivity contribution in [3.05, 3.63) is 34.2 Å². The number of aromatic nitrogens is 1. The highest BCUT2D eigenvalue weighted by Crippen LogP contribution is 2.35. The van der Waals surface area contributed by atoms with Gasteiger partial charge in [0, 0.05) is 29.9 Å². The van der Waals surface area contributed by atoms with Crippen LogP contribution >= 0.6 is 11.6 Å². The number of anilines is 1. The normalized spacial score (nSPS) is 11.3. The first-order valence-corrected chi connectivity index (χ1v) is 6.30. The molecule has 2 nitrogen and oxygen atoms in total. The van der Waals surface area contributed by atoms with E-state index in [2.05, 4.69) is 24.1 Å². The SMILES string of the molecule is CNc1c(C(C)C)c(C)nc2cc(F)c(Cl)cc12. The van der Waals surface area contributed by atoms with Crippen molar-refractivity contribution in [2.45, 2.75) is 26.7 Å². The van der Waals surface area contributed by atoms with E-state index in [9.17, 15) is 4.39 Å². The molecule has 4 heteroatoms.